The number of rotatable bonds is 5. The Labute approximate surface area is 175 Å². The Morgan fingerprint density at radius 3 is 2.53 bits per heavy atom. The second kappa shape index (κ2) is 8.66. The Hall–Kier alpha value is -3.20. The van der Waals surface area contributed by atoms with Crippen LogP contribution in [-0.4, -0.2) is 66.1 Å². The van der Waals surface area contributed by atoms with Crippen LogP contribution in [0.3, 0.4) is 0 Å². The fraction of sp³-hybridized carbons (Fsp3) is 0.429. The Morgan fingerprint density at radius 1 is 1.17 bits per heavy atom. The molecule has 2 saturated heterocycles. The number of nitrogens with zero attached hydrogens (tertiary/aromatic N) is 4. The summed E-state index contributed by atoms with van der Waals surface area (Å²) in [5.74, 6) is 0.899. The molecule has 9 heteroatoms. The van der Waals surface area contributed by atoms with Gasteiger partial charge >= 0.3 is 0 Å². The van der Waals surface area contributed by atoms with Gasteiger partial charge in [0, 0.05) is 43.6 Å². The van der Waals surface area contributed by atoms with Crippen molar-refractivity contribution in [2.24, 2.45) is 11.7 Å². The Morgan fingerprint density at radius 2 is 1.90 bits per heavy atom. The molecule has 9 nitrogen and oxygen atoms in total. The van der Waals surface area contributed by atoms with Crippen molar-refractivity contribution in [3.8, 4) is 0 Å². The molecule has 30 heavy (non-hydrogen) atoms. The number of nitrogens with two attached hydrogens (primary N) is 1. The summed E-state index contributed by atoms with van der Waals surface area (Å²) in [5, 5.41) is 3.15. The van der Waals surface area contributed by atoms with Crippen LogP contribution in [0.5, 0.6) is 0 Å². The molecule has 0 spiro atoms. The van der Waals surface area contributed by atoms with Gasteiger partial charge in [-0.3, -0.25) is 9.59 Å². The summed E-state index contributed by atoms with van der Waals surface area (Å²) in [4.78, 5) is 37.2. The standard InChI is InChI=1S/C21H26N6O3/c1-14-6-7-27(13-14)21-23-12-17(18(22)28)19(25-21)24-16-4-2-15(3-5-16)20(29)26-8-10-30-11-9-26/h2-5,12,14H,6-11,13H2,1H3,(H2,22,28)(H,23,24,25)/t14-/m0/s1. The number of carbonyl (C=O) groups excluding carboxylic acids is 2. The molecule has 2 aliphatic rings. The summed E-state index contributed by atoms with van der Waals surface area (Å²) in [5.41, 5.74) is 7.04. The zero-order valence-corrected chi connectivity index (χ0v) is 17.0. The third-order valence-corrected chi connectivity index (χ3v) is 5.44. The van der Waals surface area contributed by atoms with Crippen molar-refractivity contribution >= 4 is 29.3 Å². The van der Waals surface area contributed by atoms with Crippen molar-refractivity contribution < 1.29 is 14.3 Å². The number of benzene rings is 1. The van der Waals surface area contributed by atoms with Crippen molar-refractivity contribution in [1.82, 2.24) is 14.9 Å². The average molecular weight is 410 g/mol. The molecule has 0 radical (unpaired) electrons. The molecule has 4 rings (SSSR count). The summed E-state index contributed by atoms with van der Waals surface area (Å²) in [6, 6.07) is 7.10. The van der Waals surface area contributed by atoms with Crippen molar-refractivity contribution in [2.75, 3.05) is 49.6 Å². The van der Waals surface area contributed by atoms with E-state index in [2.05, 4.69) is 27.1 Å². The predicted molar refractivity (Wildman–Crippen MR) is 113 cm³/mol. The number of amides is 2. The molecule has 1 aromatic heterocycles. The van der Waals surface area contributed by atoms with Gasteiger partial charge in [-0.2, -0.15) is 4.98 Å². The first-order valence-electron chi connectivity index (χ1n) is 10.2. The van der Waals surface area contributed by atoms with E-state index in [0.717, 1.165) is 19.5 Å². The van der Waals surface area contributed by atoms with Gasteiger partial charge in [0.25, 0.3) is 11.8 Å². The van der Waals surface area contributed by atoms with Crippen LogP contribution in [0.2, 0.25) is 0 Å². The Balaban J connectivity index is 1.52. The maximum absolute atomic E-state index is 12.6. The zero-order valence-electron chi connectivity index (χ0n) is 17.0. The molecule has 0 unspecified atom stereocenters. The van der Waals surface area contributed by atoms with Crippen LogP contribution in [-0.2, 0) is 4.74 Å². The molecule has 2 aromatic rings. The van der Waals surface area contributed by atoms with E-state index in [1.807, 2.05) is 0 Å². The van der Waals surface area contributed by atoms with E-state index in [4.69, 9.17) is 10.5 Å². The minimum absolute atomic E-state index is 0.0184. The van der Waals surface area contributed by atoms with Crippen molar-refractivity contribution in [2.45, 2.75) is 13.3 Å². The lowest BCUT2D eigenvalue weighted by Gasteiger charge is -2.26. The molecule has 3 N–H and O–H groups in total. The second-order valence-electron chi connectivity index (χ2n) is 7.74. The van der Waals surface area contributed by atoms with Crippen LogP contribution >= 0.6 is 0 Å². The number of hydrogen-bond acceptors (Lipinski definition) is 7. The van der Waals surface area contributed by atoms with Gasteiger partial charge in [-0.1, -0.05) is 6.92 Å². The highest BCUT2D eigenvalue weighted by Crippen LogP contribution is 2.25. The number of anilines is 3. The fourth-order valence-corrected chi connectivity index (χ4v) is 3.70. The van der Waals surface area contributed by atoms with Crippen molar-refractivity contribution in [3.63, 3.8) is 0 Å². The maximum Gasteiger partial charge on any atom is 0.254 e. The first-order valence-corrected chi connectivity index (χ1v) is 10.2. The number of carbonyl (C=O) groups is 2. The lowest BCUT2D eigenvalue weighted by molar-refractivity contribution is 0.0303. The molecule has 2 fully saturated rings. The van der Waals surface area contributed by atoms with Crippen LogP contribution in [0.4, 0.5) is 17.5 Å². The van der Waals surface area contributed by atoms with Crippen LogP contribution in [0.15, 0.2) is 30.5 Å². The lowest BCUT2D eigenvalue weighted by Crippen LogP contribution is -2.40. The molecule has 1 atom stereocenters. The van der Waals surface area contributed by atoms with Gasteiger partial charge in [0.15, 0.2) is 0 Å². The van der Waals surface area contributed by atoms with E-state index in [1.165, 1.54) is 6.20 Å². The average Bonchev–Trinajstić information content (AvgIpc) is 3.20. The largest absolute Gasteiger partial charge is 0.378 e. The van der Waals surface area contributed by atoms with Gasteiger partial charge in [0.05, 0.1) is 13.2 Å². The highest BCUT2D eigenvalue weighted by atomic mass is 16.5. The number of primary amides is 1. The molecular weight excluding hydrogens is 384 g/mol. The first-order chi connectivity index (χ1) is 14.5. The number of aromatic nitrogens is 2. The molecule has 1 aromatic carbocycles. The Kier molecular flexibility index (Phi) is 5.80. The molecule has 2 amide bonds. The minimum atomic E-state index is -0.599. The van der Waals surface area contributed by atoms with Crippen LogP contribution < -0.4 is 16.0 Å². The number of nitrogens with one attached hydrogen (secondary N) is 1. The third kappa shape index (κ3) is 4.35. The van der Waals surface area contributed by atoms with Gasteiger partial charge in [-0.05, 0) is 36.6 Å². The number of ether oxygens (including phenoxy) is 1. The molecule has 2 aliphatic heterocycles. The van der Waals surface area contributed by atoms with Crippen LogP contribution in [0, 0.1) is 5.92 Å². The molecular formula is C21H26N6O3. The first kappa shape index (κ1) is 20.1. The van der Waals surface area contributed by atoms with Gasteiger partial charge in [0.2, 0.25) is 5.95 Å². The minimum Gasteiger partial charge on any atom is -0.378 e. The second-order valence-corrected chi connectivity index (χ2v) is 7.74. The van der Waals surface area contributed by atoms with E-state index in [1.54, 1.807) is 29.2 Å². The quantitative estimate of drug-likeness (QED) is 0.770. The molecule has 0 saturated carbocycles. The van der Waals surface area contributed by atoms with Gasteiger partial charge < -0.3 is 25.6 Å². The lowest BCUT2D eigenvalue weighted by atomic mass is 10.1. The third-order valence-electron chi connectivity index (χ3n) is 5.44. The normalized spacial score (nSPS) is 19.0. The number of hydrogen-bond donors (Lipinski definition) is 2. The molecule has 0 bridgehead atoms. The molecule has 158 valence electrons. The van der Waals surface area contributed by atoms with Crippen molar-refractivity contribution in [3.05, 3.63) is 41.6 Å². The van der Waals surface area contributed by atoms with E-state index >= 15 is 0 Å². The smallest absolute Gasteiger partial charge is 0.254 e. The molecule has 0 aliphatic carbocycles. The highest BCUT2D eigenvalue weighted by molar-refractivity contribution is 5.98. The van der Waals surface area contributed by atoms with Gasteiger partial charge in [-0.25, -0.2) is 4.98 Å². The summed E-state index contributed by atoms with van der Waals surface area (Å²) in [7, 11) is 0. The van der Waals surface area contributed by atoms with E-state index < -0.39 is 5.91 Å². The number of morpholine rings is 1. The molecule has 3 heterocycles. The van der Waals surface area contributed by atoms with Crippen LogP contribution in [0.25, 0.3) is 0 Å². The van der Waals surface area contributed by atoms with Gasteiger partial charge in [-0.15, -0.1) is 0 Å². The zero-order chi connectivity index (χ0) is 21.1. The Bertz CT molecular complexity index is 927. The SMILES string of the molecule is C[C@H]1CCN(c2ncc(C(N)=O)c(Nc3ccc(C(=O)N4CCOCC4)cc3)n2)C1. The van der Waals surface area contributed by atoms with E-state index in [9.17, 15) is 9.59 Å². The fourth-order valence-electron chi connectivity index (χ4n) is 3.70. The monoisotopic (exact) mass is 410 g/mol. The topological polar surface area (TPSA) is 114 Å². The van der Waals surface area contributed by atoms with E-state index in [0.29, 0.717) is 55.2 Å². The summed E-state index contributed by atoms with van der Waals surface area (Å²) in [6.45, 7) is 6.28. The summed E-state index contributed by atoms with van der Waals surface area (Å²) >= 11 is 0. The van der Waals surface area contributed by atoms with Crippen molar-refractivity contribution in [1.29, 1.82) is 0 Å². The summed E-state index contributed by atoms with van der Waals surface area (Å²) in [6.07, 6.45) is 2.55. The van der Waals surface area contributed by atoms with Gasteiger partial charge in [0.1, 0.15) is 11.4 Å². The van der Waals surface area contributed by atoms with Crippen LogP contribution in [0.1, 0.15) is 34.1 Å². The van der Waals surface area contributed by atoms with E-state index in [-0.39, 0.29) is 11.5 Å². The predicted octanol–water partition coefficient (Wildman–Crippen LogP) is 1.64. The highest BCUT2D eigenvalue weighted by Gasteiger charge is 2.23. The maximum atomic E-state index is 12.6. The summed E-state index contributed by atoms with van der Waals surface area (Å²) < 4.78 is 5.30.